The predicted molar refractivity (Wildman–Crippen MR) is 102 cm³/mol. The molecule has 0 bridgehead atoms. The van der Waals surface area contributed by atoms with E-state index in [1.807, 2.05) is 24.3 Å². The van der Waals surface area contributed by atoms with E-state index in [1.54, 1.807) is 31.4 Å². The number of aliphatic hydroxyl groups excluding tert-OH is 1. The Morgan fingerprint density at radius 2 is 1.85 bits per heavy atom. The first-order chi connectivity index (χ1) is 12.7. The lowest BCUT2D eigenvalue weighted by Gasteiger charge is -2.23. The van der Waals surface area contributed by atoms with Gasteiger partial charge in [0.2, 0.25) is 0 Å². The molecule has 1 aliphatic rings. The minimum absolute atomic E-state index is 0.00204. The van der Waals surface area contributed by atoms with Crippen LogP contribution in [0.3, 0.4) is 0 Å². The van der Waals surface area contributed by atoms with Crippen LogP contribution in [0.2, 0.25) is 0 Å². The van der Waals surface area contributed by atoms with Gasteiger partial charge in [0.1, 0.15) is 0 Å². The summed E-state index contributed by atoms with van der Waals surface area (Å²) in [4.78, 5) is 14.8. The summed E-state index contributed by atoms with van der Waals surface area (Å²) in [6.45, 7) is 2.76. The molecular formula is C21H26N2O3. The minimum atomic E-state index is -0.133. The molecule has 0 saturated carbocycles. The number of carbonyl (C=O) groups is 1. The molecule has 26 heavy (non-hydrogen) atoms. The largest absolute Gasteiger partial charge is 0.392 e. The van der Waals surface area contributed by atoms with E-state index < -0.39 is 0 Å². The fourth-order valence-corrected chi connectivity index (χ4v) is 3.38. The summed E-state index contributed by atoms with van der Waals surface area (Å²) in [5.41, 5.74) is 3.38. The number of hydrogen-bond acceptors (Lipinski definition) is 4. The van der Waals surface area contributed by atoms with Crippen LogP contribution < -0.4 is 5.32 Å². The molecule has 1 aliphatic heterocycles. The number of rotatable bonds is 7. The molecule has 2 aromatic rings. The van der Waals surface area contributed by atoms with Crippen LogP contribution in [-0.2, 0) is 17.9 Å². The molecule has 0 radical (unpaired) electrons. The molecule has 2 aromatic carbocycles. The standard InChI is InChI=1S/C21H26N2O3/c1-26-15-20-3-2-12-23(20)13-16-4-8-18(9-5-16)21(25)22-19-10-6-17(14-24)7-11-19/h4-11,20,24H,2-3,12-15H2,1H3,(H,22,25)/t20-/m1/s1. The van der Waals surface area contributed by atoms with Crippen molar-refractivity contribution in [2.45, 2.75) is 32.0 Å². The lowest BCUT2D eigenvalue weighted by Crippen LogP contribution is -2.32. The summed E-state index contributed by atoms with van der Waals surface area (Å²) in [5.74, 6) is -0.133. The highest BCUT2D eigenvalue weighted by atomic mass is 16.5. The van der Waals surface area contributed by atoms with E-state index in [0.29, 0.717) is 11.6 Å². The number of amides is 1. The van der Waals surface area contributed by atoms with Gasteiger partial charge < -0.3 is 15.2 Å². The number of methoxy groups -OCH3 is 1. The Hall–Kier alpha value is -2.21. The Bertz CT molecular complexity index is 713. The predicted octanol–water partition coefficient (Wildman–Crippen LogP) is 3.04. The van der Waals surface area contributed by atoms with E-state index in [1.165, 1.54) is 18.4 Å². The Morgan fingerprint density at radius 3 is 2.50 bits per heavy atom. The molecule has 1 fully saturated rings. The summed E-state index contributed by atoms with van der Waals surface area (Å²) >= 11 is 0. The maximum Gasteiger partial charge on any atom is 0.255 e. The van der Waals surface area contributed by atoms with E-state index in [0.717, 1.165) is 30.9 Å². The van der Waals surface area contributed by atoms with Gasteiger partial charge in [-0.25, -0.2) is 0 Å². The molecule has 5 heteroatoms. The number of aliphatic hydroxyl groups is 1. The molecule has 1 heterocycles. The van der Waals surface area contributed by atoms with Crippen molar-refractivity contribution in [2.24, 2.45) is 0 Å². The lowest BCUT2D eigenvalue weighted by molar-refractivity contribution is 0.102. The van der Waals surface area contributed by atoms with Gasteiger partial charge in [0, 0.05) is 30.9 Å². The van der Waals surface area contributed by atoms with Crippen molar-refractivity contribution in [2.75, 3.05) is 25.6 Å². The second-order valence-corrected chi connectivity index (χ2v) is 6.73. The van der Waals surface area contributed by atoms with Crippen molar-refractivity contribution < 1.29 is 14.6 Å². The highest BCUT2D eigenvalue weighted by Crippen LogP contribution is 2.20. The number of likely N-dealkylation sites (tertiary alicyclic amines) is 1. The van der Waals surface area contributed by atoms with Crippen LogP contribution >= 0.6 is 0 Å². The zero-order valence-corrected chi connectivity index (χ0v) is 15.1. The van der Waals surface area contributed by atoms with Gasteiger partial charge in [-0.15, -0.1) is 0 Å². The highest BCUT2D eigenvalue weighted by Gasteiger charge is 2.24. The molecular weight excluding hydrogens is 328 g/mol. The molecule has 0 aromatic heterocycles. The second kappa shape index (κ2) is 8.94. The molecule has 0 aliphatic carbocycles. The Kier molecular flexibility index (Phi) is 6.39. The van der Waals surface area contributed by atoms with Crippen LogP contribution in [-0.4, -0.2) is 42.2 Å². The third kappa shape index (κ3) is 4.69. The summed E-state index contributed by atoms with van der Waals surface area (Å²) in [6.07, 6.45) is 2.40. The highest BCUT2D eigenvalue weighted by molar-refractivity contribution is 6.04. The van der Waals surface area contributed by atoms with E-state index in [4.69, 9.17) is 9.84 Å². The van der Waals surface area contributed by atoms with Crippen LogP contribution in [0.4, 0.5) is 5.69 Å². The van der Waals surface area contributed by atoms with Crippen LogP contribution in [0.1, 0.15) is 34.3 Å². The molecule has 0 unspecified atom stereocenters. The van der Waals surface area contributed by atoms with Gasteiger partial charge in [0.25, 0.3) is 5.91 Å². The van der Waals surface area contributed by atoms with Crippen molar-refractivity contribution in [1.82, 2.24) is 4.90 Å². The maximum absolute atomic E-state index is 12.4. The molecule has 1 amide bonds. The SMILES string of the molecule is COC[C@H]1CCCN1Cc1ccc(C(=O)Nc2ccc(CO)cc2)cc1. The molecule has 5 nitrogen and oxygen atoms in total. The van der Waals surface area contributed by atoms with E-state index >= 15 is 0 Å². The quantitative estimate of drug-likeness (QED) is 0.802. The second-order valence-electron chi connectivity index (χ2n) is 6.73. The van der Waals surface area contributed by atoms with Crippen molar-refractivity contribution in [3.63, 3.8) is 0 Å². The van der Waals surface area contributed by atoms with Gasteiger partial charge >= 0.3 is 0 Å². The fourth-order valence-electron chi connectivity index (χ4n) is 3.38. The number of hydrogen-bond donors (Lipinski definition) is 2. The molecule has 1 saturated heterocycles. The zero-order valence-electron chi connectivity index (χ0n) is 15.1. The Labute approximate surface area is 154 Å². The smallest absolute Gasteiger partial charge is 0.255 e. The van der Waals surface area contributed by atoms with E-state index in [2.05, 4.69) is 10.2 Å². The molecule has 138 valence electrons. The third-order valence-electron chi connectivity index (χ3n) is 4.85. The Balaban J connectivity index is 1.58. The van der Waals surface area contributed by atoms with Gasteiger partial charge in [-0.2, -0.15) is 0 Å². The van der Waals surface area contributed by atoms with Gasteiger partial charge in [0.15, 0.2) is 0 Å². The first kappa shape index (κ1) is 18.6. The minimum Gasteiger partial charge on any atom is -0.392 e. The number of anilines is 1. The number of carbonyl (C=O) groups excluding carboxylic acids is 1. The van der Waals surface area contributed by atoms with Gasteiger partial charge in [0.05, 0.1) is 13.2 Å². The fraction of sp³-hybridized carbons (Fsp3) is 0.381. The van der Waals surface area contributed by atoms with Crippen LogP contribution in [0.25, 0.3) is 0 Å². The molecule has 2 N–H and O–H groups in total. The van der Waals surface area contributed by atoms with Gasteiger partial charge in [-0.05, 0) is 54.8 Å². The van der Waals surface area contributed by atoms with Crippen LogP contribution in [0.15, 0.2) is 48.5 Å². The average molecular weight is 354 g/mol. The first-order valence-corrected chi connectivity index (χ1v) is 9.02. The van der Waals surface area contributed by atoms with Crippen LogP contribution in [0.5, 0.6) is 0 Å². The van der Waals surface area contributed by atoms with Crippen molar-refractivity contribution >= 4 is 11.6 Å². The molecule has 3 rings (SSSR count). The summed E-state index contributed by atoms with van der Waals surface area (Å²) < 4.78 is 5.31. The van der Waals surface area contributed by atoms with E-state index in [-0.39, 0.29) is 12.5 Å². The summed E-state index contributed by atoms with van der Waals surface area (Å²) in [7, 11) is 1.75. The van der Waals surface area contributed by atoms with E-state index in [9.17, 15) is 4.79 Å². The third-order valence-corrected chi connectivity index (χ3v) is 4.85. The van der Waals surface area contributed by atoms with Crippen molar-refractivity contribution in [1.29, 1.82) is 0 Å². The monoisotopic (exact) mass is 354 g/mol. The zero-order chi connectivity index (χ0) is 18.4. The first-order valence-electron chi connectivity index (χ1n) is 9.02. The summed E-state index contributed by atoms with van der Waals surface area (Å²) in [5, 5.41) is 11.9. The van der Waals surface area contributed by atoms with Crippen molar-refractivity contribution in [3.8, 4) is 0 Å². The van der Waals surface area contributed by atoms with Gasteiger partial charge in [-0.3, -0.25) is 9.69 Å². The number of nitrogens with one attached hydrogen (secondary N) is 1. The number of nitrogens with zero attached hydrogens (tertiary/aromatic N) is 1. The van der Waals surface area contributed by atoms with Crippen molar-refractivity contribution in [3.05, 3.63) is 65.2 Å². The lowest BCUT2D eigenvalue weighted by atomic mass is 10.1. The average Bonchev–Trinajstić information content (AvgIpc) is 3.10. The van der Waals surface area contributed by atoms with Gasteiger partial charge in [-0.1, -0.05) is 24.3 Å². The molecule has 0 spiro atoms. The Morgan fingerprint density at radius 1 is 1.15 bits per heavy atom. The number of benzene rings is 2. The topological polar surface area (TPSA) is 61.8 Å². The normalized spacial score (nSPS) is 17.4. The number of ether oxygens (including phenoxy) is 1. The maximum atomic E-state index is 12.4. The summed E-state index contributed by atoms with van der Waals surface area (Å²) in [6, 6.07) is 15.4. The molecule has 1 atom stereocenters. The van der Waals surface area contributed by atoms with Crippen LogP contribution in [0, 0.1) is 0 Å².